The molecule has 6 heteroatoms. The second-order valence-electron chi connectivity index (χ2n) is 4.30. The van der Waals surface area contributed by atoms with Gasteiger partial charge in [0, 0.05) is 31.0 Å². The number of nitrogens with zero attached hydrogens (tertiary/aromatic N) is 2. The van der Waals surface area contributed by atoms with Crippen LogP contribution in [-0.4, -0.2) is 29.3 Å². The van der Waals surface area contributed by atoms with Gasteiger partial charge in [-0.2, -0.15) is 5.10 Å². The lowest BCUT2D eigenvalue weighted by Crippen LogP contribution is -2.18. The molecule has 1 amide bonds. The Kier molecular flexibility index (Phi) is 6.76. The van der Waals surface area contributed by atoms with Crippen LogP contribution in [0.1, 0.15) is 12.0 Å². The first-order valence-corrected chi connectivity index (χ1v) is 6.29. The van der Waals surface area contributed by atoms with Crippen LogP contribution in [0.4, 0.5) is 5.69 Å². The normalized spacial score (nSPS) is 9.85. The molecule has 0 aliphatic rings. The van der Waals surface area contributed by atoms with E-state index in [4.69, 9.17) is 0 Å². The maximum absolute atomic E-state index is 11.5. The van der Waals surface area contributed by atoms with Crippen LogP contribution in [-0.2, 0) is 11.3 Å². The molecule has 0 spiro atoms. The van der Waals surface area contributed by atoms with Crippen molar-refractivity contribution >= 4 is 24.0 Å². The first kappa shape index (κ1) is 16.2. The van der Waals surface area contributed by atoms with Gasteiger partial charge < -0.3 is 10.6 Å². The molecular weight excluding hydrogens is 276 g/mol. The van der Waals surface area contributed by atoms with E-state index in [0.717, 1.165) is 17.8 Å². The zero-order valence-corrected chi connectivity index (χ0v) is 12.2. The number of carbonyl (C=O) groups is 1. The maximum atomic E-state index is 11.5. The number of amides is 1. The Morgan fingerprint density at radius 3 is 2.65 bits per heavy atom. The molecule has 1 heterocycles. The van der Waals surface area contributed by atoms with Crippen molar-refractivity contribution in [2.24, 2.45) is 0 Å². The maximum Gasteiger partial charge on any atom is 0.225 e. The molecular formula is C14H19ClN4O. The molecule has 1 aromatic heterocycles. The van der Waals surface area contributed by atoms with E-state index in [0.29, 0.717) is 13.0 Å². The van der Waals surface area contributed by atoms with E-state index in [-0.39, 0.29) is 18.3 Å². The van der Waals surface area contributed by atoms with Crippen LogP contribution >= 0.6 is 12.4 Å². The number of nitrogens with one attached hydrogen (secondary N) is 2. The predicted octanol–water partition coefficient (Wildman–Crippen LogP) is 1.90. The van der Waals surface area contributed by atoms with Gasteiger partial charge >= 0.3 is 0 Å². The third kappa shape index (κ3) is 5.03. The van der Waals surface area contributed by atoms with E-state index >= 15 is 0 Å². The van der Waals surface area contributed by atoms with E-state index in [1.54, 1.807) is 6.20 Å². The van der Waals surface area contributed by atoms with Gasteiger partial charge in [-0.1, -0.05) is 12.1 Å². The second kappa shape index (κ2) is 8.35. The average molecular weight is 295 g/mol. The van der Waals surface area contributed by atoms with Gasteiger partial charge in [0.05, 0.1) is 6.54 Å². The molecule has 2 rings (SSSR count). The minimum absolute atomic E-state index is 0. The minimum atomic E-state index is 0. The van der Waals surface area contributed by atoms with Crippen molar-refractivity contribution < 1.29 is 4.79 Å². The van der Waals surface area contributed by atoms with Crippen LogP contribution < -0.4 is 10.6 Å². The summed E-state index contributed by atoms with van der Waals surface area (Å²) in [5.74, 6) is 0.0224. The third-order valence-corrected chi connectivity index (χ3v) is 2.74. The van der Waals surface area contributed by atoms with Crippen molar-refractivity contribution in [3.05, 3.63) is 48.3 Å². The highest BCUT2D eigenvalue weighted by Gasteiger charge is 2.01. The Balaban J connectivity index is 0.00000200. The molecule has 0 aliphatic heterocycles. The summed E-state index contributed by atoms with van der Waals surface area (Å²) in [5, 5.41) is 9.97. The predicted molar refractivity (Wildman–Crippen MR) is 82.2 cm³/mol. The molecule has 0 atom stereocenters. The van der Waals surface area contributed by atoms with Gasteiger partial charge in [-0.05, 0) is 30.8 Å². The van der Waals surface area contributed by atoms with Gasteiger partial charge in [0.1, 0.15) is 0 Å². The summed E-state index contributed by atoms with van der Waals surface area (Å²) in [6.45, 7) is 1.42. The van der Waals surface area contributed by atoms with Crippen LogP contribution in [0.25, 0.3) is 0 Å². The van der Waals surface area contributed by atoms with E-state index in [2.05, 4.69) is 15.7 Å². The first-order valence-electron chi connectivity index (χ1n) is 6.29. The number of carbonyl (C=O) groups excluding carboxylic acids is 1. The smallest absolute Gasteiger partial charge is 0.225 e. The molecule has 0 saturated heterocycles. The Labute approximate surface area is 124 Å². The Bertz CT molecular complexity index is 510. The van der Waals surface area contributed by atoms with Crippen molar-refractivity contribution in [2.75, 3.05) is 18.9 Å². The number of halogens is 1. The van der Waals surface area contributed by atoms with E-state index in [1.165, 1.54) is 0 Å². The summed E-state index contributed by atoms with van der Waals surface area (Å²) in [7, 11) is 1.83. The highest BCUT2D eigenvalue weighted by molar-refractivity contribution is 5.90. The Morgan fingerprint density at radius 2 is 2.05 bits per heavy atom. The van der Waals surface area contributed by atoms with Gasteiger partial charge in [0.25, 0.3) is 0 Å². The number of benzene rings is 1. The highest BCUT2D eigenvalue weighted by atomic mass is 35.5. The molecule has 2 N–H and O–H groups in total. The molecule has 0 saturated carbocycles. The van der Waals surface area contributed by atoms with Gasteiger partial charge in [-0.3, -0.25) is 9.48 Å². The van der Waals surface area contributed by atoms with Crippen LogP contribution in [0.3, 0.4) is 0 Å². The summed E-state index contributed by atoms with van der Waals surface area (Å²) in [6.07, 6.45) is 4.16. The van der Waals surface area contributed by atoms with E-state index in [1.807, 2.05) is 48.3 Å². The quantitative estimate of drug-likeness (QED) is 0.855. The Hall–Kier alpha value is -1.85. The molecule has 108 valence electrons. The van der Waals surface area contributed by atoms with Crippen molar-refractivity contribution in [1.29, 1.82) is 0 Å². The minimum Gasteiger partial charge on any atom is -0.326 e. The molecule has 1 aromatic carbocycles. The van der Waals surface area contributed by atoms with Crippen molar-refractivity contribution in [1.82, 2.24) is 15.1 Å². The molecule has 0 aliphatic carbocycles. The average Bonchev–Trinajstić information content (AvgIpc) is 2.91. The van der Waals surface area contributed by atoms with Gasteiger partial charge in [0.2, 0.25) is 5.91 Å². The van der Waals surface area contributed by atoms with Crippen LogP contribution in [0, 0.1) is 0 Å². The second-order valence-corrected chi connectivity index (χ2v) is 4.30. The number of hydrogen-bond donors (Lipinski definition) is 2. The van der Waals surface area contributed by atoms with E-state index in [9.17, 15) is 4.79 Å². The van der Waals surface area contributed by atoms with Gasteiger partial charge in [0.15, 0.2) is 0 Å². The molecule has 0 unspecified atom stereocenters. The lowest BCUT2D eigenvalue weighted by atomic mass is 10.2. The van der Waals surface area contributed by atoms with Crippen molar-refractivity contribution in [3.8, 4) is 0 Å². The fraction of sp³-hybridized carbons (Fsp3) is 0.286. The summed E-state index contributed by atoms with van der Waals surface area (Å²) in [4.78, 5) is 11.5. The zero-order valence-electron chi connectivity index (χ0n) is 11.4. The number of hydrogen-bond acceptors (Lipinski definition) is 3. The molecule has 2 aromatic rings. The number of aromatic nitrogens is 2. The molecule has 0 bridgehead atoms. The summed E-state index contributed by atoms with van der Waals surface area (Å²) in [6, 6.07) is 9.72. The highest BCUT2D eigenvalue weighted by Crippen LogP contribution is 2.10. The topological polar surface area (TPSA) is 59.0 Å². The lowest BCUT2D eigenvalue weighted by molar-refractivity contribution is -0.116. The van der Waals surface area contributed by atoms with Gasteiger partial charge in [-0.15, -0.1) is 12.4 Å². The summed E-state index contributed by atoms with van der Waals surface area (Å²) in [5.41, 5.74) is 1.97. The fourth-order valence-electron chi connectivity index (χ4n) is 1.74. The molecule has 0 radical (unpaired) electrons. The lowest BCUT2D eigenvalue weighted by Gasteiger charge is -2.06. The monoisotopic (exact) mass is 294 g/mol. The number of rotatable bonds is 6. The molecule has 5 nitrogen and oxygen atoms in total. The zero-order chi connectivity index (χ0) is 13.5. The number of anilines is 1. The summed E-state index contributed by atoms with van der Waals surface area (Å²) < 4.78 is 1.86. The molecule has 20 heavy (non-hydrogen) atoms. The van der Waals surface area contributed by atoms with Crippen molar-refractivity contribution in [3.63, 3.8) is 0 Å². The fourth-order valence-corrected chi connectivity index (χ4v) is 1.74. The first-order chi connectivity index (χ1) is 9.28. The van der Waals surface area contributed by atoms with Crippen LogP contribution in [0.2, 0.25) is 0 Å². The van der Waals surface area contributed by atoms with E-state index < -0.39 is 0 Å². The molecule has 0 fully saturated rings. The van der Waals surface area contributed by atoms with Gasteiger partial charge in [-0.25, -0.2) is 0 Å². The largest absolute Gasteiger partial charge is 0.326 e. The van der Waals surface area contributed by atoms with Crippen molar-refractivity contribution in [2.45, 2.75) is 13.0 Å². The SMILES string of the molecule is CNCCC(=O)Nc1ccc(Cn2cccn2)cc1.Cl. The standard InChI is InChI=1S/C14H18N4O.ClH/c1-15-9-7-14(19)17-13-5-3-12(4-6-13)11-18-10-2-8-16-18;/h2-6,8,10,15H,7,9,11H2,1H3,(H,17,19);1H. The van der Waals surface area contributed by atoms with Crippen LogP contribution in [0.15, 0.2) is 42.7 Å². The van der Waals surface area contributed by atoms with Crippen LogP contribution in [0.5, 0.6) is 0 Å². The Morgan fingerprint density at radius 1 is 1.30 bits per heavy atom. The summed E-state index contributed by atoms with van der Waals surface area (Å²) >= 11 is 0. The third-order valence-electron chi connectivity index (χ3n) is 2.74.